The molecule has 1 heterocycles. The van der Waals surface area contributed by atoms with E-state index in [9.17, 15) is 5.11 Å². The maximum atomic E-state index is 10.2. The van der Waals surface area contributed by atoms with Crippen molar-refractivity contribution in [2.24, 2.45) is 0 Å². The molecule has 1 aromatic rings. The summed E-state index contributed by atoms with van der Waals surface area (Å²) in [4.78, 5) is 0. The summed E-state index contributed by atoms with van der Waals surface area (Å²) in [5, 5.41) is 17.5. The van der Waals surface area contributed by atoms with Crippen molar-refractivity contribution >= 4 is 0 Å². The monoisotopic (exact) mass is 197 g/mol. The van der Waals surface area contributed by atoms with Gasteiger partial charge in [-0.1, -0.05) is 6.92 Å². The highest BCUT2D eigenvalue weighted by Crippen LogP contribution is 2.18. The Hall–Kier alpha value is -0.870. The quantitative estimate of drug-likeness (QED) is 0.731. The van der Waals surface area contributed by atoms with E-state index in [-0.39, 0.29) is 0 Å². The first-order chi connectivity index (χ1) is 6.61. The number of aliphatic hydroxyl groups is 1. The van der Waals surface area contributed by atoms with Gasteiger partial charge in [0.1, 0.15) is 5.60 Å². The van der Waals surface area contributed by atoms with E-state index < -0.39 is 5.60 Å². The normalized spacial score (nSPS) is 15.4. The van der Waals surface area contributed by atoms with E-state index in [4.69, 9.17) is 0 Å². The fraction of sp³-hybridized carbons (Fsp3) is 0.700. The summed E-state index contributed by atoms with van der Waals surface area (Å²) in [5.74, 6) is 0. The maximum Gasteiger partial charge on any atom is 0.116 e. The Morgan fingerprint density at radius 2 is 2.29 bits per heavy atom. The van der Waals surface area contributed by atoms with Crippen LogP contribution in [-0.4, -0.2) is 28.0 Å². The first kappa shape index (κ1) is 11.2. The van der Waals surface area contributed by atoms with Crippen LogP contribution in [0.2, 0.25) is 0 Å². The van der Waals surface area contributed by atoms with E-state index in [0.717, 1.165) is 18.8 Å². The van der Waals surface area contributed by atoms with Gasteiger partial charge < -0.3 is 10.4 Å². The largest absolute Gasteiger partial charge is 0.383 e. The van der Waals surface area contributed by atoms with Crippen LogP contribution >= 0.6 is 0 Å². The van der Waals surface area contributed by atoms with Crippen molar-refractivity contribution in [1.82, 2.24) is 15.1 Å². The number of hydrogen-bond donors (Lipinski definition) is 2. The highest BCUT2D eigenvalue weighted by atomic mass is 16.3. The van der Waals surface area contributed by atoms with Crippen LogP contribution in [0.25, 0.3) is 0 Å². The molecule has 1 rings (SSSR count). The van der Waals surface area contributed by atoms with Gasteiger partial charge in [-0.15, -0.1) is 0 Å². The predicted molar refractivity (Wildman–Crippen MR) is 56.0 cm³/mol. The topological polar surface area (TPSA) is 50.1 Å². The second-order valence-corrected chi connectivity index (χ2v) is 3.59. The highest BCUT2D eigenvalue weighted by Gasteiger charge is 2.25. The lowest BCUT2D eigenvalue weighted by atomic mass is 10.0. The van der Waals surface area contributed by atoms with Gasteiger partial charge in [-0.2, -0.15) is 5.10 Å². The first-order valence-corrected chi connectivity index (χ1v) is 5.07. The van der Waals surface area contributed by atoms with Crippen molar-refractivity contribution in [3.63, 3.8) is 0 Å². The lowest BCUT2D eigenvalue weighted by Gasteiger charge is -2.24. The lowest BCUT2D eigenvalue weighted by Crippen LogP contribution is -2.37. The van der Waals surface area contributed by atoms with Crippen LogP contribution < -0.4 is 5.32 Å². The number of nitrogens with zero attached hydrogens (tertiary/aromatic N) is 2. The second kappa shape index (κ2) is 4.57. The molecular weight excluding hydrogens is 178 g/mol. The molecule has 4 nitrogen and oxygen atoms in total. The summed E-state index contributed by atoms with van der Waals surface area (Å²) in [7, 11) is 0. The molecule has 0 bridgehead atoms. The lowest BCUT2D eigenvalue weighted by molar-refractivity contribution is 0.0482. The molecule has 80 valence electrons. The summed E-state index contributed by atoms with van der Waals surface area (Å²) < 4.78 is 1.82. The van der Waals surface area contributed by atoms with Crippen molar-refractivity contribution in [3.8, 4) is 0 Å². The van der Waals surface area contributed by atoms with Gasteiger partial charge in [-0.3, -0.25) is 4.68 Å². The molecule has 2 N–H and O–H groups in total. The minimum atomic E-state index is -0.845. The zero-order valence-corrected chi connectivity index (χ0v) is 9.12. The molecule has 14 heavy (non-hydrogen) atoms. The Balaban J connectivity index is 2.79. The van der Waals surface area contributed by atoms with E-state index in [1.807, 2.05) is 24.6 Å². The molecule has 0 aliphatic heterocycles. The van der Waals surface area contributed by atoms with E-state index in [0.29, 0.717) is 6.54 Å². The Kier molecular flexibility index (Phi) is 3.66. The summed E-state index contributed by atoms with van der Waals surface area (Å²) in [5.41, 5.74) is 0.0173. The standard InChI is InChI=1S/C10H19N3O/c1-4-11-8-10(3,14)9-6-7-12-13(9)5-2/h6-7,11,14H,4-5,8H2,1-3H3. The SMILES string of the molecule is CCNCC(C)(O)c1ccnn1CC. The predicted octanol–water partition coefficient (Wildman–Crippen LogP) is 0.720. The van der Waals surface area contributed by atoms with Gasteiger partial charge in [-0.05, 0) is 26.5 Å². The Morgan fingerprint density at radius 1 is 1.57 bits per heavy atom. The summed E-state index contributed by atoms with van der Waals surface area (Å²) in [6.45, 7) is 8.03. The van der Waals surface area contributed by atoms with Crippen LogP contribution in [0.3, 0.4) is 0 Å². The minimum absolute atomic E-state index is 0.551. The van der Waals surface area contributed by atoms with Crippen molar-refractivity contribution in [2.75, 3.05) is 13.1 Å². The molecule has 0 spiro atoms. The van der Waals surface area contributed by atoms with E-state index in [2.05, 4.69) is 10.4 Å². The fourth-order valence-corrected chi connectivity index (χ4v) is 1.50. The van der Waals surface area contributed by atoms with E-state index in [1.54, 1.807) is 13.1 Å². The van der Waals surface area contributed by atoms with Gasteiger partial charge in [-0.25, -0.2) is 0 Å². The average molecular weight is 197 g/mol. The van der Waals surface area contributed by atoms with Gasteiger partial charge in [0.05, 0.1) is 5.69 Å². The zero-order chi connectivity index (χ0) is 10.6. The summed E-state index contributed by atoms with van der Waals surface area (Å²) in [6.07, 6.45) is 1.72. The molecule has 1 unspecified atom stereocenters. The molecule has 0 saturated heterocycles. The van der Waals surface area contributed by atoms with Crippen LogP contribution in [0.15, 0.2) is 12.3 Å². The molecule has 0 aromatic carbocycles. The second-order valence-electron chi connectivity index (χ2n) is 3.59. The van der Waals surface area contributed by atoms with Crippen LogP contribution in [0.4, 0.5) is 0 Å². The van der Waals surface area contributed by atoms with Gasteiger partial charge in [0.15, 0.2) is 0 Å². The van der Waals surface area contributed by atoms with Crippen molar-refractivity contribution in [2.45, 2.75) is 32.9 Å². The molecule has 1 aromatic heterocycles. The number of likely N-dealkylation sites (N-methyl/N-ethyl adjacent to an activating group) is 1. The average Bonchev–Trinajstić information content (AvgIpc) is 2.63. The summed E-state index contributed by atoms with van der Waals surface area (Å²) in [6, 6.07) is 1.86. The Labute approximate surface area is 84.9 Å². The van der Waals surface area contributed by atoms with E-state index >= 15 is 0 Å². The molecule has 0 aliphatic carbocycles. The summed E-state index contributed by atoms with van der Waals surface area (Å²) >= 11 is 0. The maximum absolute atomic E-state index is 10.2. The molecule has 0 amide bonds. The van der Waals surface area contributed by atoms with Gasteiger partial charge >= 0.3 is 0 Å². The molecule has 1 atom stereocenters. The zero-order valence-electron chi connectivity index (χ0n) is 9.12. The minimum Gasteiger partial charge on any atom is -0.383 e. The number of rotatable bonds is 5. The molecule has 0 fully saturated rings. The third kappa shape index (κ3) is 2.33. The third-order valence-electron chi connectivity index (χ3n) is 2.29. The van der Waals surface area contributed by atoms with Crippen molar-refractivity contribution in [3.05, 3.63) is 18.0 Å². The van der Waals surface area contributed by atoms with Gasteiger partial charge in [0.2, 0.25) is 0 Å². The van der Waals surface area contributed by atoms with Crippen LogP contribution in [0.5, 0.6) is 0 Å². The van der Waals surface area contributed by atoms with Gasteiger partial charge in [0, 0.05) is 19.3 Å². The van der Waals surface area contributed by atoms with Crippen LogP contribution in [-0.2, 0) is 12.1 Å². The fourth-order valence-electron chi connectivity index (χ4n) is 1.50. The number of hydrogen-bond acceptors (Lipinski definition) is 3. The third-order valence-corrected chi connectivity index (χ3v) is 2.29. The number of nitrogens with one attached hydrogen (secondary N) is 1. The Bertz CT molecular complexity index is 281. The highest BCUT2D eigenvalue weighted by molar-refractivity contribution is 5.11. The number of aromatic nitrogens is 2. The molecule has 4 heteroatoms. The number of aryl methyl sites for hydroxylation is 1. The van der Waals surface area contributed by atoms with Crippen molar-refractivity contribution in [1.29, 1.82) is 0 Å². The van der Waals surface area contributed by atoms with Gasteiger partial charge in [0.25, 0.3) is 0 Å². The Morgan fingerprint density at radius 3 is 2.86 bits per heavy atom. The van der Waals surface area contributed by atoms with Crippen LogP contribution in [0, 0.1) is 0 Å². The smallest absolute Gasteiger partial charge is 0.116 e. The molecular formula is C10H19N3O. The van der Waals surface area contributed by atoms with E-state index in [1.165, 1.54) is 0 Å². The molecule has 0 saturated carbocycles. The first-order valence-electron chi connectivity index (χ1n) is 5.07. The van der Waals surface area contributed by atoms with Crippen molar-refractivity contribution < 1.29 is 5.11 Å². The molecule has 0 radical (unpaired) electrons. The molecule has 0 aliphatic rings. The van der Waals surface area contributed by atoms with Crippen LogP contribution in [0.1, 0.15) is 26.5 Å².